The van der Waals surface area contributed by atoms with Crippen LogP contribution in [0, 0.1) is 5.82 Å². The average molecular weight is 482 g/mol. The van der Waals surface area contributed by atoms with Crippen molar-refractivity contribution in [3.05, 3.63) is 65.5 Å². The number of carbonyl (C=O) groups is 1. The standard InChI is InChI=1S/C27H32FN3O2S/c1-34(2)15-11-30(12-16-34)19-20-3-5-21(6-4-20)26-18-24(27(32)31-9-13-33-14-10-31)23-17-22(28)7-8-25(23)29-26/h3-8,17-18H,9-16,19H2,1-2H3. The van der Waals surface area contributed by atoms with E-state index in [2.05, 4.69) is 41.7 Å². The third kappa shape index (κ3) is 5.11. The first-order valence-corrected chi connectivity index (χ1v) is 14.6. The van der Waals surface area contributed by atoms with Crippen LogP contribution in [0.1, 0.15) is 15.9 Å². The van der Waals surface area contributed by atoms with Gasteiger partial charge in [-0.05, 0) is 53.8 Å². The number of fused-ring (bicyclic) bond motifs is 1. The van der Waals surface area contributed by atoms with Gasteiger partial charge in [-0.1, -0.05) is 24.3 Å². The molecule has 5 nitrogen and oxygen atoms in total. The molecule has 7 heteroatoms. The van der Waals surface area contributed by atoms with Crippen LogP contribution in [0.4, 0.5) is 4.39 Å². The molecule has 2 fully saturated rings. The number of amides is 1. The number of benzene rings is 2. The van der Waals surface area contributed by atoms with Gasteiger partial charge >= 0.3 is 0 Å². The zero-order valence-corrected chi connectivity index (χ0v) is 20.7. The van der Waals surface area contributed by atoms with E-state index in [-0.39, 0.29) is 11.7 Å². The zero-order valence-electron chi connectivity index (χ0n) is 19.9. The van der Waals surface area contributed by atoms with Gasteiger partial charge in [0, 0.05) is 43.7 Å². The van der Waals surface area contributed by atoms with Crippen molar-refractivity contribution in [2.75, 3.05) is 63.4 Å². The molecule has 1 amide bonds. The second-order valence-electron chi connectivity index (χ2n) is 9.77. The molecule has 5 rings (SSSR count). The van der Waals surface area contributed by atoms with Crippen molar-refractivity contribution >= 4 is 26.8 Å². The van der Waals surface area contributed by atoms with Crippen LogP contribution in [0.15, 0.2) is 48.5 Å². The molecule has 34 heavy (non-hydrogen) atoms. The summed E-state index contributed by atoms with van der Waals surface area (Å²) in [7, 11) is -0.402. The van der Waals surface area contributed by atoms with Gasteiger partial charge in [0.25, 0.3) is 5.91 Å². The van der Waals surface area contributed by atoms with Gasteiger partial charge in [-0.15, -0.1) is 0 Å². The largest absolute Gasteiger partial charge is 0.378 e. The maximum absolute atomic E-state index is 14.0. The van der Waals surface area contributed by atoms with Crippen LogP contribution in [-0.4, -0.2) is 84.1 Å². The van der Waals surface area contributed by atoms with Gasteiger partial charge in [0.05, 0.1) is 30.0 Å². The van der Waals surface area contributed by atoms with E-state index in [4.69, 9.17) is 9.72 Å². The van der Waals surface area contributed by atoms with Gasteiger partial charge in [0.15, 0.2) is 0 Å². The normalized spacial score (nSPS) is 19.8. The molecule has 0 saturated carbocycles. The smallest absolute Gasteiger partial charge is 0.254 e. The molecule has 2 aliphatic rings. The molecule has 0 unspecified atom stereocenters. The molecule has 2 saturated heterocycles. The highest BCUT2D eigenvalue weighted by Gasteiger charge is 2.23. The van der Waals surface area contributed by atoms with Crippen molar-refractivity contribution in [3.63, 3.8) is 0 Å². The summed E-state index contributed by atoms with van der Waals surface area (Å²) in [6.45, 7) is 5.41. The number of hydrogen-bond acceptors (Lipinski definition) is 4. The number of morpholine rings is 1. The van der Waals surface area contributed by atoms with Crippen molar-refractivity contribution in [3.8, 4) is 11.3 Å². The van der Waals surface area contributed by atoms with Gasteiger partial charge in [-0.25, -0.2) is 19.4 Å². The minimum atomic E-state index is -0.402. The van der Waals surface area contributed by atoms with E-state index in [1.165, 1.54) is 42.3 Å². The molecular weight excluding hydrogens is 449 g/mol. The van der Waals surface area contributed by atoms with Crippen molar-refractivity contribution in [1.29, 1.82) is 0 Å². The van der Waals surface area contributed by atoms with Crippen molar-refractivity contribution in [2.24, 2.45) is 0 Å². The minimum Gasteiger partial charge on any atom is -0.378 e. The van der Waals surface area contributed by atoms with Crippen LogP contribution in [0.3, 0.4) is 0 Å². The van der Waals surface area contributed by atoms with Crippen LogP contribution in [0.25, 0.3) is 22.2 Å². The molecule has 3 aromatic rings. The first-order chi connectivity index (χ1) is 16.4. The van der Waals surface area contributed by atoms with E-state index in [1.807, 2.05) is 6.07 Å². The lowest BCUT2D eigenvalue weighted by molar-refractivity contribution is 0.0304. The first kappa shape index (κ1) is 23.3. The second kappa shape index (κ2) is 9.64. The summed E-state index contributed by atoms with van der Waals surface area (Å²) in [5.41, 5.74) is 4.08. The molecule has 0 N–H and O–H groups in total. The quantitative estimate of drug-likeness (QED) is 0.554. The molecule has 3 heterocycles. The van der Waals surface area contributed by atoms with Crippen LogP contribution in [0.2, 0.25) is 0 Å². The average Bonchev–Trinajstić information content (AvgIpc) is 2.85. The van der Waals surface area contributed by atoms with Gasteiger partial charge in [-0.2, -0.15) is 0 Å². The molecule has 2 aromatic carbocycles. The number of carbonyl (C=O) groups excluding carboxylic acids is 1. The van der Waals surface area contributed by atoms with E-state index in [0.29, 0.717) is 42.8 Å². The zero-order chi connectivity index (χ0) is 23.7. The predicted molar refractivity (Wildman–Crippen MR) is 138 cm³/mol. The Hall–Kier alpha value is -2.48. The highest BCUT2D eigenvalue weighted by Crippen LogP contribution is 2.41. The maximum Gasteiger partial charge on any atom is 0.254 e. The lowest BCUT2D eigenvalue weighted by Crippen LogP contribution is -2.40. The number of ether oxygens (including phenoxy) is 1. The summed E-state index contributed by atoms with van der Waals surface area (Å²) in [5.74, 6) is 2.15. The molecular formula is C27H32FN3O2S. The highest BCUT2D eigenvalue weighted by atomic mass is 32.3. The SMILES string of the molecule is CS1(C)CCN(Cc2ccc(-c3cc(C(=O)N4CCOCC4)c4cc(F)ccc4n3)cc2)CC1. The summed E-state index contributed by atoms with van der Waals surface area (Å²) < 4.78 is 19.4. The Morgan fingerprint density at radius 3 is 2.41 bits per heavy atom. The van der Waals surface area contributed by atoms with E-state index in [9.17, 15) is 9.18 Å². The van der Waals surface area contributed by atoms with Crippen LogP contribution in [0.5, 0.6) is 0 Å². The molecule has 180 valence electrons. The molecule has 0 aliphatic carbocycles. The third-order valence-corrected chi connectivity index (χ3v) is 9.45. The fourth-order valence-corrected chi connectivity index (χ4v) is 6.33. The monoisotopic (exact) mass is 481 g/mol. The van der Waals surface area contributed by atoms with E-state index in [0.717, 1.165) is 17.8 Å². The maximum atomic E-state index is 14.0. The third-order valence-electron chi connectivity index (χ3n) is 6.88. The highest BCUT2D eigenvalue weighted by molar-refractivity contribution is 8.32. The second-order valence-corrected chi connectivity index (χ2v) is 14.1. The van der Waals surface area contributed by atoms with Crippen LogP contribution in [-0.2, 0) is 11.3 Å². The Kier molecular flexibility index (Phi) is 6.60. The van der Waals surface area contributed by atoms with Gasteiger partial charge in [-0.3, -0.25) is 9.69 Å². The molecule has 2 aliphatic heterocycles. The van der Waals surface area contributed by atoms with E-state index in [1.54, 1.807) is 11.0 Å². The topological polar surface area (TPSA) is 45.7 Å². The summed E-state index contributed by atoms with van der Waals surface area (Å²) in [4.78, 5) is 22.4. The minimum absolute atomic E-state index is 0.102. The van der Waals surface area contributed by atoms with Gasteiger partial charge < -0.3 is 9.64 Å². The van der Waals surface area contributed by atoms with Crippen molar-refractivity contribution in [1.82, 2.24) is 14.8 Å². The summed E-state index contributed by atoms with van der Waals surface area (Å²) in [6.07, 6.45) is 4.87. The summed E-state index contributed by atoms with van der Waals surface area (Å²) in [5, 5.41) is 0.548. The van der Waals surface area contributed by atoms with Gasteiger partial charge in [0.1, 0.15) is 5.82 Å². The summed E-state index contributed by atoms with van der Waals surface area (Å²) in [6, 6.07) is 14.7. The Morgan fingerprint density at radius 1 is 1.00 bits per heavy atom. The van der Waals surface area contributed by atoms with Crippen molar-refractivity contribution in [2.45, 2.75) is 6.54 Å². The molecule has 0 radical (unpaired) electrons. The van der Waals surface area contributed by atoms with Gasteiger partial charge in [0.2, 0.25) is 0 Å². The summed E-state index contributed by atoms with van der Waals surface area (Å²) >= 11 is 0. The lowest BCUT2D eigenvalue weighted by Gasteiger charge is -2.41. The number of rotatable bonds is 4. The number of pyridine rings is 1. The number of nitrogens with zero attached hydrogens (tertiary/aromatic N) is 3. The number of hydrogen-bond donors (Lipinski definition) is 0. The van der Waals surface area contributed by atoms with Crippen LogP contribution < -0.4 is 0 Å². The van der Waals surface area contributed by atoms with E-state index >= 15 is 0 Å². The first-order valence-electron chi connectivity index (χ1n) is 11.9. The Bertz CT molecular complexity index is 1180. The fraction of sp³-hybridized carbons (Fsp3) is 0.407. The number of aromatic nitrogens is 1. The molecule has 0 atom stereocenters. The van der Waals surface area contributed by atoms with Crippen molar-refractivity contribution < 1.29 is 13.9 Å². The fourth-order valence-electron chi connectivity index (χ4n) is 4.62. The molecule has 0 bridgehead atoms. The number of halogens is 1. The Labute approximate surface area is 202 Å². The molecule has 1 aromatic heterocycles. The lowest BCUT2D eigenvalue weighted by atomic mass is 10.0. The van der Waals surface area contributed by atoms with Crippen LogP contribution >= 0.6 is 10.0 Å². The Morgan fingerprint density at radius 2 is 1.71 bits per heavy atom. The predicted octanol–water partition coefficient (Wildman–Crippen LogP) is 4.39. The molecule has 0 spiro atoms. The van der Waals surface area contributed by atoms with E-state index < -0.39 is 10.0 Å². The Balaban J connectivity index is 1.42.